The number of fused-ring (bicyclic) bond motifs is 1. The average molecular weight is 257 g/mol. The third-order valence-corrected chi connectivity index (χ3v) is 3.06. The third-order valence-electron chi connectivity index (χ3n) is 3.06. The fourth-order valence-corrected chi connectivity index (χ4v) is 2.02. The van der Waals surface area contributed by atoms with Crippen molar-refractivity contribution in [3.63, 3.8) is 0 Å². The topological polar surface area (TPSA) is 49.0 Å². The molecule has 1 aromatic carbocycles. The van der Waals surface area contributed by atoms with Crippen LogP contribution in [0.3, 0.4) is 0 Å². The molecule has 1 heterocycles. The van der Waals surface area contributed by atoms with E-state index >= 15 is 0 Å². The first kappa shape index (κ1) is 13.3. The highest BCUT2D eigenvalue weighted by Gasteiger charge is 2.26. The minimum absolute atomic E-state index is 0.00361. The number of rotatable bonds is 3. The number of benzene rings is 1. The Balaban J connectivity index is 2.37. The number of carbonyl (C=O) groups is 1. The minimum atomic E-state index is -0.242. The predicted molar refractivity (Wildman–Crippen MR) is 77.1 cm³/mol. The fraction of sp³-hybridized carbons (Fsp3) is 0.333. The third kappa shape index (κ3) is 2.67. The number of nitrogens with zero attached hydrogens (tertiary/aromatic N) is 2. The molecule has 2 aromatic rings. The van der Waals surface area contributed by atoms with Crippen LogP contribution in [-0.4, -0.2) is 33.1 Å². The summed E-state index contributed by atoms with van der Waals surface area (Å²) in [6.45, 7) is 10.3. The molecule has 0 fully saturated rings. The molecule has 0 unspecified atom stereocenters. The summed E-state index contributed by atoms with van der Waals surface area (Å²) in [5.74, 6) is 0.00361. The quantitative estimate of drug-likeness (QED) is 0.859. The average Bonchev–Trinajstić information content (AvgIpc) is 2.80. The molecule has 0 bridgehead atoms. The number of H-pyrrole nitrogens is 1. The van der Waals surface area contributed by atoms with Crippen LogP contribution in [-0.2, 0) is 0 Å². The molecule has 0 atom stereocenters. The second-order valence-electron chi connectivity index (χ2n) is 5.55. The summed E-state index contributed by atoms with van der Waals surface area (Å²) in [6.07, 6.45) is 3.49. The molecule has 19 heavy (non-hydrogen) atoms. The van der Waals surface area contributed by atoms with Crippen molar-refractivity contribution in [3.8, 4) is 0 Å². The molecule has 4 nitrogen and oxygen atoms in total. The van der Waals surface area contributed by atoms with E-state index < -0.39 is 0 Å². The summed E-state index contributed by atoms with van der Waals surface area (Å²) in [7, 11) is 0. The SMILES string of the molecule is C=CCN(C(=O)c1ccc2cn[nH]c2c1)C(C)(C)C. The van der Waals surface area contributed by atoms with E-state index in [1.54, 1.807) is 17.2 Å². The lowest BCUT2D eigenvalue weighted by atomic mass is 10.0. The maximum Gasteiger partial charge on any atom is 0.254 e. The fourth-order valence-electron chi connectivity index (χ4n) is 2.02. The van der Waals surface area contributed by atoms with Gasteiger partial charge >= 0.3 is 0 Å². The lowest BCUT2D eigenvalue weighted by molar-refractivity contribution is 0.0617. The Bertz CT molecular complexity index is 607. The highest BCUT2D eigenvalue weighted by Crippen LogP contribution is 2.19. The number of hydrogen-bond donors (Lipinski definition) is 1. The highest BCUT2D eigenvalue weighted by atomic mass is 16.2. The summed E-state index contributed by atoms with van der Waals surface area (Å²) in [4.78, 5) is 14.4. The van der Waals surface area contributed by atoms with Crippen LogP contribution in [0, 0.1) is 0 Å². The summed E-state index contributed by atoms with van der Waals surface area (Å²) in [5, 5.41) is 7.85. The second-order valence-corrected chi connectivity index (χ2v) is 5.55. The zero-order valence-corrected chi connectivity index (χ0v) is 11.6. The van der Waals surface area contributed by atoms with Crippen molar-refractivity contribution >= 4 is 16.8 Å². The number of nitrogens with one attached hydrogen (secondary N) is 1. The van der Waals surface area contributed by atoms with Crippen molar-refractivity contribution in [1.82, 2.24) is 15.1 Å². The van der Waals surface area contributed by atoms with Crippen LogP contribution in [0.1, 0.15) is 31.1 Å². The molecular formula is C15H19N3O. The lowest BCUT2D eigenvalue weighted by Gasteiger charge is -2.35. The number of aromatic amines is 1. The number of carbonyl (C=O) groups excluding carboxylic acids is 1. The molecule has 0 saturated heterocycles. The maximum atomic E-state index is 12.6. The van der Waals surface area contributed by atoms with Crippen molar-refractivity contribution in [2.24, 2.45) is 0 Å². The molecule has 2 rings (SSSR count). The molecule has 0 aliphatic heterocycles. The van der Waals surface area contributed by atoms with Crippen molar-refractivity contribution in [2.75, 3.05) is 6.54 Å². The van der Waals surface area contributed by atoms with E-state index in [4.69, 9.17) is 0 Å². The van der Waals surface area contributed by atoms with Gasteiger partial charge in [-0.05, 0) is 32.9 Å². The van der Waals surface area contributed by atoms with Gasteiger partial charge in [0.05, 0.1) is 11.7 Å². The zero-order valence-electron chi connectivity index (χ0n) is 11.6. The summed E-state index contributed by atoms with van der Waals surface area (Å²) in [6, 6.07) is 5.58. The van der Waals surface area contributed by atoms with Crippen LogP contribution in [0.2, 0.25) is 0 Å². The van der Waals surface area contributed by atoms with Gasteiger partial charge in [0.2, 0.25) is 0 Å². The first-order valence-corrected chi connectivity index (χ1v) is 6.29. The summed E-state index contributed by atoms with van der Waals surface area (Å²) < 4.78 is 0. The first-order chi connectivity index (χ1) is 8.93. The van der Waals surface area contributed by atoms with Crippen LogP contribution in [0.4, 0.5) is 0 Å². The monoisotopic (exact) mass is 257 g/mol. The van der Waals surface area contributed by atoms with Gasteiger partial charge in [0.25, 0.3) is 5.91 Å². The highest BCUT2D eigenvalue weighted by molar-refractivity contribution is 5.98. The molecule has 0 radical (unpaired) electrons. The Morgan fingerprint density at radius 2 is 2.21 bits per heavy atom. The Hall–Kier alpha value is -2.10. The number of hydrogen-bond acceptors (Lipinski definition) is 2. The van der Waals surface area contributed by atoms with Gasteiger partial charge in [-0.25, -0.2) is 0 Å². The smallest absolute Gasteiger partial charge is 0.254 e. The molecule has 0 aliphatic rings. The molecule has 0 saturated carbocycles. The standard InChI is InChI=1S/C15H19N3O/c1-5-8-18(15(2,3)4)14(19)11-6-7-12-10-16-17-13(12)9-11/h5-7,9-10H,1,8H2,2-4H3,(H,16,17). The van der Waals surface area contributed by atoms with Crippen LogP contribution in [0.25, 0.3) is 10.9 Å². The van der Waals surface area contributed by atoms with Gasteiger partial charge in [0.15, 0.2) is 0 Å². The van der Waals surface area contributed by atoms with Crippen LogP contribution in [0.5, 0.6) is 0 Å². The van der Waals surface area contributed by atoms with E-state index in [1.807, 2.05) is 39.0 Å². The maximum absolute atomic E-state index is 12.6. The van der Waals surface area contributed by atoms with E-state index in [-0.39, 0.29) is 11.4 Å². The summed E-state index contributed by atoms with van der Waals surface area (Å²) >= 11 is 0. The Morgan fingerprint density at radius 3 is 2.84 bits per heavy atom. The van der Waals surface area contributed by atoms with Crippen LogP contribution < -0.4 is 0 Å². The van der Waals surface area contributed by atoms with E-state index in [1.165, 1.54) is 0 Å². The van der Waals surface area contributed by atoms with E-state index in [2.05, 4.69) is 16.8 Å². The second kappa shape index (κ2) is 4.88. The molecule has 0 spiro atoms. The van der Waals surface area contributed by atoms with Crippen LogP contribution >= 0.6 is 0 Å². The van der Waals surface area contributed by atoms with Crippen molar-refractivity contribution < 1.29 is 4.79 Å². The van der Waals surface area contributed by atoms with E-state index in [0.717, 1.165) is 10.9 Å². The Kier molecular flexibility index (Phi) is 3.42. The normalized spacial score (nSPS) is 11.5. The van der Waals surface area contributed by atoms with Gasteiger partial charge in [0.1, 0.15) is 0 Å². The molecule has 1 N–H and O–H groups in total. The van der Waals surface area contributed by atoms with Gasteiger partial charge in [-0.2, -0.15) is 5.10 Å². The van der Waals surface area contributed by atoms with Crippen molar-refractivity contribution in [3.05, 3.63) is 42.6 Å². The van der Waals surface area contributed by atoms with E-state index in [9.17, 15) is 4.79 Å². The molecule has 4 heteroatoms. The predicted octanol–water partition coefficient (Wildman–Crippen LogP) is 2.99. The van der Waals surface area contributed by atoms with Crippen molar-refractivity contribution in [2.45, 2.75) is 26.3 Å². The molecule has 0 aliphatic carbocycles. The summed E-state index contributed by atoms with van der Waals surface area (Å²) in [5.41, 5.74) is 1.29. The number of aromatic nitrogens is 2. The van der Waals surface area contributed by atoms with E-state index in [0.29, 0.717) is 12.1 Å². The van der Waals surface area contributed by atoms with Gasteiger partial charge in [0, 0.05) is 23.0 Å². The van der Waals surface area contributed by atoms with Gasteiger partial charge in [-0.3, -0.25) is 9.89 Å². The largest absolute Gasteiger partial charge is 0.330 e. The molecule has 1 aromatic heterocycles. The van der Waals surface area contributed by atoms with Gasteiger partial charge in [-0.15, -0.1) is 6.58 Å². The molecule has 100 valence electrons. The van der Waals surface area contributed by atoms with Gasteiger partial charge in [-0.1, -0.05) is 12.1 Å². The van der Waals surface area contributed by atoms with Crippen molar-refractivity contribution in [1.29, 1.82) is 0 Å². The Labute approximate surface area is 113 Å². The van der Waals surface area contributed by atoms with Gasteiger partial charge < -0.3 is 4.90 Å². The Morgan fingerprint density at radius 1 is 1.47 bits per heavy atom. The lowest BCUT2D eigenvalue weighted by Crippen LogP contribution is -2.45. The number of amides is 1. The zero-order chi connectivity index (χ0) is 14.0. The molecule has 1 amide bonds. The molecular weight excluding hydrogens is 238 g/mol. The van der Waals surface area contributed by atoms with Crippen LogP contribution in [0.15, 0.2) is 37.1 Å². The minimum Gasteiger partial charge on any atom is -0.330 e. The first-order valence-electron chi connectivity index (χ1n) is 6.29.